The van der Waals surface area contributed by atoms with Crippen LogP contribution in [-0.4, -0.2) is 26.3 Å². The number of esters is 1. The number of rotatable bonds is 5. The molecular weight excluding hydrogens is 376 g/mol. The number of para-hydroxylation sites is 1. The quantitative estimate of drug-likeness (QED) is 0.371. The predicted molar refractivity (Wildman–Crippen MR) is 106 cm³/mol. The van der Waals surface area contributed by atoms with Crippen molar-refractivity contribution in [1.82, 2.24) is 0 Å². The van der Waals surface area contributed by atoms with E-state index >= 15 is 0 Å². The topological polar surface area (TPSA) is 88.1 Å². The van der Waals surface area contributed by atoms with Gasteiger partial charge in [-0.05, 0) is 37.3 Å². The molecule has 0 aliphatic carbocycles. The first-order chi connectivity index (χ1) is 14.0. The average Bonchev–Trinajstić information content (AvgIpc) is 3.16. The molecule has 0 fully saturated rings. The Labute approximate surface area is 165 Å². The number of fused-ring (bicyclic) bond motifs is 2. The highest BCUT2D eigenvalue weighted by Crippen LogP contribution is 2.36. The maximum Gasteiger partial charge on any atom is 0.346 e. The molecule has 29 heavy (non-hydrogen) atoms. The second kappa shape index (κ2) is 7.35. The number of carbonyl (C=O) groups is 1. The summed E-state index contributed by atoms with van der Waals surface area (Å²) >= 11 is 0. The Bertz CT molecular complexity index is 1270. The van der Waals surface area contributed by atoms with Crippen molar-refractivity contribution in [3.63, 3.8) is 0 Å². The van der Waals surface area contributed by atoms with Gasteiger partial charge in [0.05, 0.1) is 14.2 Å². The largest absolute Gasteiger partial charge is 0.493 e. The van der Waals surface area contributed by atoms with Crippen molar-refractivity contribution in [3.8, 4) is 22.8 Å². The highest BCUT2D eigenvalue weighted by Gasteiger charge is 2.18. The summed E-state index contributed by atoms with van der Waals surface area (Å²) < 4.78 is 27.0. The monoisotopic (exact) mass is 394 g/mol. The Kier molecular flexibility index (Phi) is 4.72. The van der Waals surface area contributed by atoms with Crippen molar-refractivity contribution in [2.75, 3.05) is 14.2 Å². The van der Waals surface area contributed by atoms with Crippen molar-refractivity contribution in [2.45, 2.75) is 13.0 Å². The van der Waals surface area contributed by atoms with E-state index in [0.29, 0.717) is 39.4 Å². The van der Waals surface area contributed by atoms with E-state index in [9.17, 15) is 9.59 Å². The Morgan fingerprint density at radius 2 is 1.86 bits per heavy atom. The second-order valence-electron chi connectivity index (χ2n) is 6.41. The molecule has 0 aliphatic heterocycles. The predicted octanol–water partition coefficient (Wildman–Crippen LogP) is 4.16. The molecule has 2 aromatic heterocycles. The zero-order chi connectivity index (χ0) is 20.5. The SMILES string of the molecule is COC(=O)[C@@H](C)Oc1ccc2oc(=O)cc(-c3cc4cccc(OC)c4o3)c2c1. The minimum atomic E-state index is -0.785. The van der Waals surface area contributed by atoms with Gasteiger partial charge in [-0.15, -0.1) is 0 Å². The van der Waals surface area contributed by atoms with Crippen LogP contribution in [0.2, 0.25) is 0 Å². The zero-order valence-corrected chi connectivity index (χ0v) is 16.1. The lowest BCUT2D eigenvalue weighted by atomic mass is 10.1. The number of benzene rings is 2. The smallest absolute Gasteiger partial charge is 0.346 e. The fraction of sp³-hybridized carbons (Fsp3) is 0.182. The third-order valence-electron chi connectivity index (χ3n) is 4.55. The molecule has 0 bridgehead atoms. The summed E-state index contributed by atoms with van der Waals surface area (Å²) in [5.74, 6) is 1.02. The first-order valence-corrected chi connectivity index (χ1v) is 8.89. The maximum absolute atomic E-state index is 12.1. The number of ether oxygens (including phenoxy) is 3. The van der Waals surface area contributed by atoms with Gasteiger partial charge < -0.3 is 23.0 Å². The van der Waals surface area contributed by atoms with Crippen LogP contribution >= 0.6 is 0 Å². The van der Waals surface area contributed by atoms with Crippen LogP contribution in [0.1, 0.15) is 6.92 Å². The second-order valence-corrected chi connectivity index (χ2v) is 6.41. The molecule has 2 aromatic carbocycles. The van der Waals surface area contributed by atoms with E-state index in [1.165, 1.54) is 13.2 Å². The van der Waals surface area contributed by atoms with Crippen molar-refractivity contribution in [1.29, 1.82) is 0 Å². The molecule has 0 N–H and O–H groups in total. The van der Waals surface area contributed by atoms with Gasteiger partial charge in [-0.1, -0.05) is 12.1 Å². The molecule has 0 unspecified atom stereocenters. The van der Waals surface area contributed by atoms with E-state index in [0.717, 1.165) is 5.39 Å². The third kappa shape index (κ3) is 3.42. The van der Waals surface area contributed by atoms with Crippen LogP contribution < -0.4 is 15.1 Å². The highest BCUT2D eigenvalue weighted by atomic mass is 16.6. The summed E-state index contributed by atoms with van der Waals surface area (Å²) in [6, 6.07) is 13.7. The molecule has 148 valence electrons. The molecule has 0 spiro atoms. The molecular formula is C22H18O7. The van der Waals surface area contributed by atoms with Gasteiger partial charge in [0.15, 0.2) is 17.4 Å². The summed E-state index contributed by atoms with van der Waals surface area (Å²) in [5, 5.41) is 1.45. The molecule has 4 aromatic rings. The summed E-state index contributed by atoms with van der Waals surface area (Å²) in [6.07, 6.45) is -0.785. The van der Waals surface area contributed by atoms with Gasteiger partial charge in [0.25, 0.3) is 0 Å². The lowest BCUT2D eigenvalue weighted by Crippen LogP contribution is -2.24. The number of hydrogen-bond acceptors (Lipinski definition) is 7. The number of hydrogen-bond donors (Lipinski definition) is 0. The van der Waals surface area contributed by atoms with Crippen LogP contribution in [0, 0.1) is 0 Å². The molecule has 7 heteroatoms. The molecule has 4 rings (SSSR count). The van der Waals surface area contributed by atoms with Crippen molar-refractivity contribution in [3.05, 3.63) is 59.0 Å². The summed E-state index contributed by atoms with van der Waals surface area (Å²) in [5.41, 5.74) is 0.998. The first-order valence-electron chi connectivity index (χ1n) is 8.89. The van der Waals surface area contributed by atoms with Gasteiger partial charge >= 0.3 is 11.6 Å². The van der Waals surface area contributed by atoms with E-state index in [4.69, 9.17) is 18.3 Å². The van der Waals surface area contributed by atoms with E-state index in [1.54, 1.807) is 38.3 Å². The number of carbonyl (C=O) groups excluding carboxylic acids is 1. The van der Waals surface area contributed by atoms with Crippen LogP contribution in [0.4, 0.5) is 0 Å². The third-order valence-corrected chi connectivity index (χ3v) is 4.55. The number of furan rings is 1. The summed E-state index contributed by atoms with van der Waals surface area (Å²) in [6.45, 7) is 1.59. The molecule has 2 heterocycles. The molecule has 7 nitrogen and oxygen atoms in total. The van der Waals surface area contributed by atoms with Crippen molar-refractivity contribution in [2.24, 2.45) is 0 Å². The fourth-order valence-electron chi connectivity index (χ4n) is 3.17. The van der Waals surface area contributed by atoms with Gasteiger partial charge in [-0.3, -0.25) is 0 Å². The van der Waals surface area contributed by atoms with Crippen LogP contribution in [0.3, 0.4) is 0 Å². The molecule has 1 atom stereocenters. The van der Waals surface area contributed by atoms with Gasteiger partial charge in [-0.2, -0.15) is 0 Å². The minimum absolute atomic E-state index is 0.373. The Morgan fingerprint density at radius 1 is 1.03 bits per heavy atom. The van der Waals surface area contributed by atoms with Gasteiger partial charge in [0.2, 0.25) is 0 Å². The van der Waals surface area contributed by atoms with Gasteiger partial charge in [-0.25, -0.2) is 9.59 Å². The minimum Gasteiger partial charge on any atom is -0.493 e. The average molecular weight is 394 g/mol. The Hall–Kier alpha value is -3.74. The van der Waals surface area contributed by atoms with Crippen LogP contribution in [0.25, 0.3) is 33.3 Å². The first kappa shape index (κ1) is 18.6. The fourth-order valence-corrected chi connectivity index (χ4v) is 3.17. The lowest BCUT2D eigenvalue weighted by molar-refractivity contribution is -0.147. The van der Waals surface area contributed by atoms with Crippen LogP contribution in [0.5, 0.6) is 11.5 Å². The maximum atomic E-state index is 12.1. The van der Waals surface area contributed by atoms with Gasteiger partial charge in [0, 0.05) is 22.4 Å². The Morgan fingerprint density at radius 3 is 2.62 bits per heavy atom. The summed E-state index contributed by atoms with van der Waals surface area (Å²) in [4.78, 5) is 23.7. The lowest BCUT2D eigenvalue weighted by Gasteiger charge is -2.13. The van der Waals surface area contributed by atoms with Crippen molar-refractivity contribution >= 4 is 27.9 Å². The molecule has 0 radical (unpaired) electrons. The van der Waals surface area contributed by atoms with Crippen LogP contribution in [-0.2, 0) is 9.53 Å². The molecule has 0 amide bonds. The molecule has 0 aliphatic rings. The molecule has 0 saturated heterocycles. The Balaban J connectivity index is 1.86. The van der Waals surface area contributed by atoms with E-state index < -0.39 is 17.7 Å². The zero-order valence-electron chi connectivity index (χ0n) is 16.1. The number of methoxy groups -OCH3 is 2. The molecule has 0 saturated carbocycles. The van der Waals surface area contributed by atoms with E-state index in [1.807, 2.05) is 18.2 Å². The normalized spacial score (nSPS) is 12.1. The van der Waals surface area contributed by atoms with Crippen molar-refractivity contribution < 1.29 is 27.8 Å². The van der Waals surface area contributed by atoms with Crippen LogP contribution in [0.15, 0.2) is 62.2 Å². The van der Waals surface area contributed by atoms with E-state index in [-0.39, 0.29) is 0 Å². The standard InChI is InChI=1S/C22H18O7/c1-12(22(24)26-3)27-14-7-8-17-15(10-14)16(11-20(23)28-17)19-9-13-5-4-6-18(25-2)21(13)29-19/h4-12H,1-3H3/t12-/m1/s1. The summed E-state index contributed by atoms with van der Waals surface area (Å²) in [7, 11) is 2.86. The van der Waals surface area contributed by atoms with E-state index in [2.05, 4.69) is 4.74 Å². The highest BCUT2D eigenvalue weighted by molar-refractivity contribution is 5.96. The van der Waals surface area contributed by atoms with Gasteiger partial charge in [0.1, 0.15) is 17.1 Å².